The summed E-state index contributed by atoms with van der Waals surface area (Å²) >= 11 is 1.38. The summed E-state index contributed by atoms with van der Waals surface area (Å²) in [5.41, 5.74) is 1.99. The molecule has 0 bridgehead atoms. The van der Waals surface area contributed by atoms with Crippen LogP contribution >= 0.6 is 11.8 Å². The van der Waals surface area contributed by atoms with Gasteiger partial charge >= 0.3 is 0 Å². The van der Waals surface area contributed by atoms with E-state index in [1.807, 2.05) is 24.3 Å². The van der Waals surface area contributed by atoms with Crippen molar-refractivity contribution < 1.29 is 9.59 Å². The number of H-pyrrole nitrogens is 1. The Morgan fingerprint density at radius 1 is 1.12 bits per heavy atom. The number of nitrogens with one attached hydrogen (secondary N) is 2. The van der Waals surface area contributed by atoms with E-state index >= 15 is 0 Å². The number of carbonyl (C=O) groups excluding carboxylic acids is 2. The van der Waals surface area contributed by atoms with Crippen molar-refractivity contribution in [3.05, 3.63) is 36.2 Å². The van der Waals surface area contributed by atoms with Crippen molar-refractivity contribution in [2.75, 3.05) is 12.3 Å². The first kappa shape index (κ1) is 18.4. The normalized spacial score (nSPS) is 11.1. The van der Waals surface area contributed by atoms with Crippen molar-refractivity contribution in [3.63, 3.8) is 0 Å². The van der Waals surface area contributed by atoms with Crippen molar-refractivity contribution in [2.24, 2.45) is 0 Å². The Balaban J connectivity index is 1.51. The van der Waals surface area contributed by atoms with Crippen molar-refractivity contribution in [1.82, 2.24) is 20.5 Å². The van der Waals surface area contributed by atoms with Crippen LogP contribution in [0.15, 0.2) is 30.5 Å². The van der Waals surface area contributed by atoms with E-state index in [4.69, 9.17) is 0 Å². The largest absolute Gasteiger partial charge is 0.351 e. The van der Waals surface area contributed by atoms with Crippen LogP contribution in [0.25, 0.3) is 21.8 Å². The second-order valence-electron chi connectivity index (χ2n) is 6.15. The van der Waals surface area contributed by atoms with Gasteiger partial charge in [0.25, 0.3) is 5.91 Å². The van der Waals surface area contributed by atoms with E-state index in [-0.39, 0.29) is 11.0 Å². The fourth-order valence-corrected chi connectivity index (χ4v) is 3.51. The molecule has 3 aromatic rings. The third-order valence-electron chi connectivity index (χ3n) is 4.19. The Morgan fingerprint density at radius 3 is 2.81 bits per heavy atom. The van der Waals surface area contributed by atoms with Gasteiger partial charge in [0.1, 0.15) is 11.2 Å². The van der Waals surface area contributed by atoms with Gasteiger partial charge in [-0.05, 0) is 25.0 Å². The highest BCUT2D eigenvalue weighted by molar-refractivity contribution is 8.13. The van der Waals surface area contributed by atoms with E-state index in [1.165, 1.54) is 11.8 Å². The average Bonchev–Trinajstić information content (AvgIpc) is 3.08. The quantitative estimate of drug-likeness (QED) is 0.591. The number of hydrogen-bond acceptors (Lipinski definition) is 5. The molecular weight excluding hydrogens is 348 g/mol. The van der Waals surface area contributed by atoms with Crippen molar-refractivity contribution in [1.29, 1.82) is 0 Å². The maximum absolute atomic E-state index is 12.4. The van der Waals surface area contributed by atoms with Gasteiger partial charge in [-0.25, -0.2) is 0 Å². The first-order valence-corrected chi connectivity index (χ1v) is 9.79. The third-order valence-corrected chi connectivity index (χ3v) is 5.09. The smallest absolute Gasteiger partial charge is 0.269 e. The number of pyridine rings is 1. The molecule has 26 heavy (non-hydrogen) atoms. The number of benzene rings is 1. The molecule has 0 aliphatic heterocycles. The fourth-order valence-electron chi connectivity index (χ4n) is 2.88. The van der Waals surface area contributed by atoms with Gasteiger partial charge in [0.05, 0.1) is 5.52 Å². The molecule has 0 aliphatic rings. The van der Waals surface area contributed by atoms with Crippen LogP contribution < -0.4 is 5.32 Å². The summed E-state index contributed by atoms with van der Waals surface area (Å²) in [6, 6.07) is 7.72. The van der Waals surface area contributed by atoms with Gasteiger partial charge in [-0.15, -0.1) is 0 Å². The van der Waals surface area contributed by atoms with E-state index in [9.17, 15) is 9.59 Å². The van der Waals surface area contributed by atoms with Gasteiger partial charge in [-0.2, -0.15) is 5.10 Å². The lowest BCUT2D eigenvalue weighted by Gasteiger charge is -2.04. The molecule has 136 valence electrons. The van der Waals surface area contributed by atoms with Gasteiger partial charge in [0, 0.05) is 36.2 Å². The second kappa shape index (κ2) is 8.80. The summed E-state index contributed by atoms with van der Waals surface area (Å²) in [6.07, 6.45) is 5.79. The van der Waals surface area contributed by atoms with Crippen LogP contribution in [-0.2, 0) is 4.79 Å². The highest BCUT2D eigenvalue weighted by atomic mass is 32.2. The molecule has 3 rings (SSSR count). The molecule has 2 aromatic heterocycles. The van der Waals surface area contributed by atoms with Gasteiger partial charge in [0.2, 0.25) is 0 Å². The van der Waals surface area contributed by atoms with E-state index < -0.39 is 0 Å². The number of hydrogen-bond donors (Lipinski definition) is 2. The van der Waals surface area contributed by atoms with E-state index in [2.05, 4.69) is 20.5 Å². The lowest BCUT2D eigenvalue weighted by Crippen LogP contribution is -2.25. The predicted molar refractivity (Wildman–Crippen MR) is 105 cm³/mol. The molecule has 6 nitrogen and oxygen atoms in total. The molecule has 1 amide bonds. The van der Waals surface area contributed by atoms with Crippen molar-refractivity contribution in [2.45, 2.75) is 32.6 Å². The Morgan fingerprint density at radius 2 is 1.96 bits per heavy atom. The number of rotatable bonds is 8. The lowest BCUT2D eigenvalue weighted by atomic mass is 10.1. The standard InChI is InChI=1S/C19H22N4O2S/c1-13(24)26-12-5-3-2-4-10-21-19(25)18-15-9-8-14-7-6-11-20-16(14)17(15)22-23-18/h6-9,11H,2-5,10,12H2,1H3,(H,21,25)(H,22,23). The van der Waals surface area contributed by atoms with Crippen LogP contribution in [0.3, 0.4) is 0 Å². The molecule has 7 heteroatoms. The average molecular weight is 370 g/mol. The number of carbonyl (C=O) groups is 2. The van der Waals surface area contributed by atoms with Crippen LogP contribution in [0.1, 0.15) is 43.1 Å². The number of amides is 1. The zero-order valence-electron chi connectivity index (χ0n) is 14.7. The molecule has 0 saturated carbocycles. The number of aromatic amines is 1. The summed E-state index contributed by atoms with van der Waals surface area (Å²) in [6.45, 7) is 2.23. The summed E-state index contributed by atoms with van der Waals surface area (Å²) in [4.78, 5) is 27.6. The van der Waals surface area contributed by atoms with Crippen LogP contribution in [-0.4, -0.2) is 38.5 Å². The van der Waals surface area contributed by atoms with Crippen molar-refractivity contribution >= 4 is 44.6 Å². The zero-order chi connectivity index (χ0) is 18.4. The molecule has 0 saturated heterocycles. The van der Waals surface area contributed by atoms with E-state index in [0.717, 1.165) is 53.2 Å². The monoisotopic (exact) mass is 370 g/mol. The molecule has 0 spiro atoms. The predicted octanol–water partition coefficient (Wildman–Crippen LogP) is 3.68. The molecule has 1 aromatic carbocycles. The number of thioether (sulfide) groups is 1. The summed E-state index contributed by atoms with van der Waals surface area (Å²) < 4.78 is 0. The van der Waals surface area contributed by atoms with Gasteiger partial charge in [-0.1, -0.05) is 36.7 Å². The topological polar surface area (TPSA) is 87.7 Å². The Labute approximate surface area is 156 Å². The maximum Gasteiger partial charge on any atom is 0.269 e. The molecule has 0 unspecified atom stereocenters. The summed E-state index contributed by atoms with van der Waals surface area (Å²) in [5, 5.41) is 12.0. The molecule has 0 aliphatic carbocycles. The number of nitrogens with zero attached hydrogens (tertiary/aromatic N) is 2. The zero-order valence-corrected chi connectivity index (χ0v) is 15.6. The minimum absolute atomic E-state index is 0.144. The maximum atomic E-state index is 12.4. The lowest BCUT2D eigenvalue weighted by molar-refractivity contribution is -0.109. The summed E-state index contributed by atoms with van der Waals surface area (Å²) in [5.74, 6) is 0.735. The van der Waals surface area contributed by atoms with Crippen LogP contribution in [0, 0.1) is 0 Å². The number of unbranched alkanes of at least 4 members (excludes halogenated alkanes) is 3. The van der Waals surface area contributed by atoms with E-state index in [1.54, 1.807) is 13.1 Å². The second-order valence-corrected chi connectivity index (χ2v) is 7.42. The van der Waals surface area contributed by atoms with Crippen LogP contribution in [0.2, 0.25) is 0 Å². The third kappa shape index (κ3) is 4.40. The SMILES string of the molecule is CC(=O)SCCCCCCNC(=O)c1[nH]nc2c1ccc1cccnc12. The van der Waals surface area contributed by atoms with Gasteiger partial charge < -0.3 is 5.32 Å². The van der Waals surface area contributed by atoms with E-state index in [0.29, 0.717) is 12.2 Å². The van der Waals surface area contributed by atoms with Crippen LogP contribution in [0.4, 0.5) is 0 Å². The van der Waals surface area contributed by atoms with Crippen LogP contribution in [0.5, 0.6) is 0 Å². The molecule has 0 radical (unpaired) electrons. The highest BCUT2D eigenvalue weighted by Gasteiger charge is 2.15. The number of aromatic nitrogens is 3. The van der Waals surface area contributed by atoms with Gasteiger partial charge in [0.15, 0.2) is 5.12 Å². The minimum atomic E-state index is -0.144. The molecule has 2 heterocycles. The molecular formula is C19H22N4O2S. The highest BCUT2D eigenvalue weighted by Crippen LogP contribution is 2.23. The molecule has 0 fully saturated rings. The minimum Gasteiger partial charge on any atom is -0.351 e. The molecule has 2 N–H and O–H groups in total. The van der Waals surface area contributed by atoms with Gasteiger partial charge in [-0.3, -0.25) is 19.7 Å². The Hall–Kier alpha value is -2.41. The Kier molecular flexibility index (Phi) is 6.22. The first-order chi connectivity index (χ1) is 12.7. The number of fused-ring (bicyclic) bond motifs is 3. The Bertz CT molecular complexity index is 922. The molecule has 0 atom stereocenters. The fraction of sp³-hybridized carbons (Fsp3) is 0.368. The summed E-state index contributed by atoms with van der Waals surface area (Å²) in [7, 11) is 0. The first-order valence-electron chi connectivity index (χ1n) is 8.80. The van der Waals surface area contributed by atoms with Crippen molar-refractivity contribution in [3.8, 4) is 0 Å².